The monoisotopic (exact) mass is 317 g/mol. The van der Waals surface area contributed by atoms with Crippen molar-refractivity contribution >= 4 is 5.91 Å². The summed E-state index contributed by atoms with van der Waals surface area (Å²) >= 11 is 0. The van der Waals surface area contributed by atoms with Crippen LogP contribution in [-0.2, 0) is 13.0 Å². The number of likely N-dealkylation sites (tertiary alicyclic amines) is 1. The fourth-order valence-corrected chi connectivity index (χ4v) is 4.35. The third-order valence-electron chi connectivity index (χ3n) is 5.73. The van der Waals surface area contributed by atoms with Gasteiger partial charge in [-0.2, -0.15) is 5.10 Å². The molecule has 1 saturated carbocycles. The van der Waals surface area contributed by atoms with E-state index in [0.29, 0.717) is 11.7 Å². The van der Waals surface area contributed by atoms with Crippen LogP contribution in [0, 0.1) is 0 Å². The molecule has 126 valence electrons. The zero-order valence-corrected chi connectivity index (χ0v) is 13.7. The molecular weight excluding hydrogens is 290 g/mol. The first-order valence-corrected chi connectivity index (χ1v) is 9.13. The molecule has 23 heavy (non-hydrogen) atoms. The summed E-state index contributed by atoms with van der Waals surface area (Å²) in [7, 11) is 0. The topological polar surface area (TPSA) is 73.0 Å². The number of aromatic nitrogens is 2. The molecule has 3 heterocycles. The second-order valence-electron chi connectivity index (χ2n) is 7.18. The SMILES string of the molecule is O=C(NC1CCN(C2CCCC2)CC1)c1n[nH]c2c1CNCC2. The number of fused-ring (bicyclic) bond motifs is 1. The van der Waals surface area contributed by atoms with Crippen LogP contribution in [0.3, 0.4) is 0 Å². The van der Waals surface area contributed by atoms with Crippen molar-refractivity contribution in [1.29, 1.82) is 0 Å². The van der Waals surface area contributed by atoms with Gasteiger partial charge in [0.05, 0.1) is 0 Å². The normalized spacial score (nSPS) is 23.8. The highest BCUT2D eigenvalue weighted by Crippen LogP contribution is 2.26. The average molecular weight is 317 g/mol. The van der Waals surface area contributed by atoms with E-state index in [0.717, 1.165) is 62.7 Å². The van der Waals surface area contributed by atoms with E-state index in [1.165, 1.54) is 25.7 Å². The van der Waals surface area contributed by atoms with Crippen LogP contribution in [0.1, 0.15) is 60.3 Å². The number of rotatable bonds is 3. The molecule has 0 atom stereocenters. The number of carbonyl (C=O) groups excluding carboxylic acids is 1. The lowest BCUT2D eigenvalue weighted by atomic mass is 10.0. The Hall–Kier alpha value is -1.40. The quantitative estimate of drug-likeness (QED) is 0.783. The van der Waals surface area contributed by atoms with Gasteiger partial charge in [-0.3, -0.25) is 9.89 Å². The van der Waals surface area contributed by atoms with E-state index in [9.17, 15) is 4.79 Å². The Labute approximate surface area is 137 Å². The minimum atomic E-state index is -0.00878. The molecule has 3 aliphatic rings. The summed E-state index contributed by atoms with van der Waals surface area (Å²) in [4.78, 5) is 15.2. The van der Waals surface area contributed by atoms with Gasteiger partial charge in [0.2, 0.25) is 0 Å². The first-order chi connectivity index (χ1) is 11.3. The molecule has 1 amide bonds. The highest BCUT2D eigenvalue weighted by atomic mass is 16.2. The molecule has 0 radical (unpaired) electrons. The van der Waals surface area contributed by atoms with Gasteiger partial charge in [-0.05, 0) is 25.7 Å². The highest BCUT2D eigenvalue weighted by Gasteiger charge is 2.29. The summed E-state index contributed by atoms with van der Waals surface area (Å²) in [6, 6.07) is 1.10. The Kier molecular flexibility index (Phi) is 4.35. The van der Waals surface area contributed by atoms with Gasteiger partial charge < -0.3 is 15.5 Å². The minimum absolute atomic E-state index is 0.00878. The fourth-order valence-electron chi connectivity index (χ4n) is 4.35. The van der Waals surface area contributed by atoms with Crippen molar-refractivity contribution in [3.63, 3.8) is 0 Å². The summed E-state index contributed by atoms with van der Waals surface area (Å²) < 4.78 is 0. The Bertz CT molecular complexity index is 555. The Morgan fingerprint density at radius 2 is 1.96 bits per heavy atom. The number of piperidine rings is 1. The first-order valence-electron chi connectivity index (χ1n) is 9.13. The molecular formula is C17H27N5O. The second kappa shape index (κ2) is 6.61. The van der Waals surface area contributed by atoms with Gasteiger partial charge in [0.15, 0.2) is 5.69 Å². The van der Waals surface area contributed by atoms with Crippen molar-refractivity contribution in [3.05, 3.63) is 17.0 Å². The molecule has 1 aromatic rings. The van der Waals surface area contributed by atoms with Crippen LogP contribution in [0.2, 0.25) is 0 Å². The Morgan fingerprint density at radius 1 is 1.17 bits per heavy atom. The van der Waals surface area contributed by atoms with Crippen LogP contribution in [0.15, 0.2) is 0 Å². The van der Waals surface area contributed by atoms with Gasteiger partial charge in [0.25, 0.3) is 5.91 Å². The van der Waals surface area contributed by atoms with E-state index in [-0.39, 0.29) is 5.91 Å². The maximum Gasteiger partial charge on any atom is 0.272 e. The van der Waals surface area contributed by atoms with E-state index in [2.05, 4.69) is 25.7 Å². The first kappa shape index (κ1) is 15.1. The molecule has 1 saturated heterocycles. The second-order valence-corrected chi connectivity index (χ2v) is 7.18. The number of nitrogens with one attached hydrogen (secondary N) is 3. The standard InChI is InChI=1S/C17H27N5O/c23-17(16-14-11-18-8-5-15(14)20-21-16)19-12-6-9-22(10-7-12)13-3-1-2-4-13/h12-13,18H,1-11H2,(H,19,23)(H,20,21). The third-order valence-corrected chi connectivity index (χ3v) is 5.73. The number of hydrogen-bond donors (Lipinski definition) is 3. The molecule has 1 aromatic heterocycles. The molecule has 6 heteroatoms. The van der Waals surface area contributed by atoms with Crippen molar-refractivity contribution in [1.82, 2.24) is 25.7 Å². The van der Waals surface area contributed by atoms with Crippen molar-refractivity contribution in [2.75, 3.05) is 19.6 Å². The van der Waals surface area contributed by atoms with Crippen LogP contribution >= 0.6 is 0 Å². The largest absolute Gasteiger partial charge is 0.348 e. The number of carbonyl (C=O) groups is 1. The number of amides is 1. The number of H-pyrrole nitrogens is 1. The van der Waals surface area contributed by atoms with Crippen LogP contribution in [0.25, 0.3) is 0 Å². The number of nitrogens with zero attached hydrogens (tertiary/aromatic N) is 2. The van der Waals surface area contributed by atoms with Crippen molar-refractivity contribution < 1.29 is 4.79 Å². The zero-order valence-electron chi connectivity index (χ0n) is 13.7. The molecule has 0 bridgehead atoms. The summed E-state index contributed by atoms with van der Waals surface area (Å²) in [6.45, 7) is 3.94. The van der Waals surface area contributed by atoms with Crippen molar-refractivity contribution in [2.24, 2.45) is 0 Å². The Morgan fingerprint density at radius 3 is 2.74 bits per heavy atom. The van der Waals surface area contributed by atoms with Gasteiger partial charge in [-0.25, -0.2) is 0 Å². The molecule has 0 unspecified atom stereocenters. The maximum atomic E-state index is 12.5. The van der Waals surface area contributed by atoms with Gasteiger partial charge in [-0.15, -0.1) is 0 Å². The summed E-state index contributed by atoms with van der Waals surface area (Å²) in [5.41, 5.74) is 2.76. The smallest absolute Gasteiger partial charge is 0.272 e. The van der Waals surface area contributed by atoms with Crippen molar-refractivity contribution in [3.8, 4) is 0 Å². The van der Waals surface area contributed by atoms with E-state index in [1.54, 1.807) is 0 Å². The van der Waals surface area contributed by atoms with Crippen molar-refractivity contribution in [2.45, 2.75) is 63.6 Å². The molecule has 4 rings (SSSR count). The highest BCUT2D eigenvalue weighted by molar-refractivity contribution is 5.94. The summed E-state index contributed by atoms with van der Waals surface area (Å²) in [5, 5.41) is 13.8. The number of hydrogen-bond acceptors (Lipinski definition) is 4. The lowest BCUT2D eigenvalue weighted by Gasteiger charge is -2.36. The van der Waals surface area contributed by atoms with E-state index >= 15 is 0 Å². The Balaban J connectivity index is 1.32. The lowest BCUT2D eigenvalue weighted by molar-refractivity contribution is 0.0886. The predicted molar refractivity (Wildman–Crippen MR) is 88.3 cm³/mol. The minimum Gasteiger partial charge on any atom is -0.348 e. The third kappa shape index (κ3) is 3.15. The maximum absolute atomic E-state index is 12.5. The van der Waals surface area contributed by atoms with E-state index in [4.69, 9.17) is 0 Å². The molecule has 0 aromatic carbocycles. The molecule has 2 fully saturated rings. The molecule has 3 N–H and O–H groups in total. The van der Waals surface area contributed by atoms with Gasteiger partial charge in [-0.1, -0.05) is 12.8 Å². The zero-order chi connectivity index (χ0) is 15.6. The molecule has 6 nitrogen and oxygen atoms in total. The van der Waals surface area contributed by atoms with Crippen LogP contribution in [-0.4, -0.2) is 52.7 Å². The van der Waals surface area contributed by atoms with Gasteiger partial charge in [0, 0.05) is 55.9 Å². The molecule has 2 aliphatic heterocycles. The van der Waals surface area contributed by atoms with Crippen LogP contribution < -0.4 is 10.6 Å². The van der Waals surface area contributed by atoms with E-state index < -0.39 is 0 Å². The molecule has 1 aliphatic carbocycles. The summed E-state index contributed by atoms with van der Waals surface area (Å²) in [5.74, 6) is -0.00878. The summed E-state index contributed by atoms with van der Waals surface area (Å²) in [6.07, 6.45) is 8.56. The fraction of sp³-hybridized carbons (Fsp3) is 0.765. The van der Waals surface area contributed by atoms with Crippen LogP contribution in [0.4, 0.5) is 0 Å². The average Bonchev–Trinajstić information content (AvgIpc) is 3.25. The predicted octanol–water partition coefficient (Wildman–Crippen LogP) is 1.19. The number of aromatic amines is 1. The molecule has 0 spiro atoms. The lowest BCUT2D eigenvalue weighted by Crippen LogP contribution is -2.47. The van der Waals surface area contributed by atoms with E-state index in [1.807, 2.05) is 0 Å². The van der Waals surface area contributed by atoms with Crippen LogP contribution in [0.5, 0.6) is 0 Å². The van der Waals surface area contributed by atoms with Gasteiger partial charge in [0.1, 0.15) is 0 Å². The van der Waals surface area contributed by atoms with Gasteiger partial charge >= 0.3 is 0 Å².